The third-order valence-electron chi connectivity index (χ3n) is 3.28. The molecule has 0 N–H and O–H groups in total. The van der Waals surface area contributed by atoms with E-state index in [1.807, 2.05) is 6.07 Å². The first-order chi connectivity index (χ1) is 8.65. The van der Waals surface area contributed by atoms with E-state index in [0.29, 0.717) is 6.42 Å². The molecule has 3 heteroatoms. The second-order valence-electron chi connectivity index (χ2n) is 4.88. The van der Waals surface area contributed by atoms with Crippen LogP contribution in [0.4, 0.5) is 5.69 Å². The molecule has 1 aromatic rings. The third kappa shape index (κ3) is 2.38. The van der Waals surface area contributed by atoms with Gasteiger partial charge < -0.3 is 4.90 Å². The molecule has 1 heterocycles. The predicted octanol–water partition coefficient (Wildman–Crippen LogP) is 2.46. The Bertz CT molecular complexity index is 514. The van der Waals surface area contributed by atoms with Crippen molar-refractivity contribution in [1.82, 2.24) is 0 Å². The largest absolute Gasteiger partial charge is 0.370 e. The third-order valence-corrected chi connectivity index (χ3v) is 3.28. The predicted molar refractivity (Wildman–Crippen MR) is 71.8 cm³/mol. The number of nitriles is 1. The van der Waals surface area contributed by atoms with E-state index < -0.39 is 0 Å². The molecule has 94 valence electrons. The van der Waals surface area contributed by atoms with Crippen LogP contribution in [0.1, 0.15) is 37.0 Å². The van der Waals surface area contributed by atoms with Gasteiger partial charge in [0.1, 0.15) is 11.9 Å². The number of carbonyl (C=O) groups is 1. The Labute approximate surface area is 108 Å². The van der Waals surface area contributed by atoms with Crippen molar-refractivity contribution >= 4 is 11.5 Å². The van der Waals surface area contributed by atoms with Gasteiger partial charge in [-0.3, -0.25) is 4.79 Å². The molecule has 2 rings (SSSR count). The molecule has 3 nitrogen and oxygen atoms in total. The Hall–Kier alpha value is -1.82. The number of nitrogens with zero attached hydrogens (tertiary/aromatic N) is 2. The van der Waals surface area contributed by atoms with Gasteiger partial charge in [-0.1, -0.05) is 13.0 Å². The first-order valence-electron chi connectivity index (χ1n) is 6.46. The average molecular weight is 242 g/mol. The fourth-order valence-corrected chi connectivity index (χ4v) is 2.66. The van der Waals surface area contributed by atoms with Crippen molar-refractivity contribution < 1.29 is 4.79 Å². The standard InChI is InChI=1S/C15H18N2O/c1-3-5-17-6-4-13-8-12(7-11(2)18)9-14(10-16)15(13)17/h8-9H,3-7H2,1-2H3. The minimum Gasteiger partial charge on any atom is -0.370 e. The van der Waals surface area contributed by atoms with Gasteiger partial charge in [0.25, 0.3) is 0 Å². The van der Waals surface area contributed by atoms with Gasteiger partial charge in [-0.15, -0.1) is 0 Å². The lowest BCUT2D eigenvalue weighted by atomic mass is 10.0. The van der Waals surface area contributed by atoms with Gasteiger partial charge in [-0.2, -0.15) is 5.26 Å². The van der Waals surface area contributed by atoms with Crippen LogP contribution in [0.25, 0.3) is 0 Å². The van der Waals surface area contributed by atoms with Crippen molar-refractivity contribution in [2.45, 2.75) is 33.1 Å². The molecule has 0 bridgehead atoms. The summed E-state index contributed by atoms with van der Waals surface area (Å²) in [6.45, 7) is 5.71. The van der Waals surface area contributed by atoms with Crippen LogP contribution in [0.5, 0.6) is 0 Å². The van der Waals surface area contributed by atoms with E-state index in [0.717, 1.165) is 42.7 Å². The molecule has 0 aliphatic carbocycles. The van der Waals surface area contributed by atoms with E-state index >= 15 is 0 Å². The van der Waals surface area contributed by atoms with E-state index in [9.17, 15) is 10.1 Å². The molecule has 0 atom stereocenters. The maximum absolute atomic E-state index is 11.2. The normalized spacial score (nSPS) is 13.3. The van der Waals surface area contributed by atoms with Crippen LogP contribution >= 0.6 is 0 Å². The van der Waals surface area contributed by atoms with Crippen molar-refractivity contribution in [3.8, 4) is 6.07 Å². The fourth-order valence-electron chi connectivity index (χ4n) is 2.66. The number of hydrogen-bond donors (Lipinski definition) is 0. The van der Waals surface area contributed by atoms with Crippen molar-refractivity contribution in [2.24, 2.45) is 0 Å². The minimum atomic E-state index is 0.141. The van der Waals surface area contributed by atoms with Crippen molar-refractivity contribution in [1.29, 1.82) is 5.26 Å². The topological polar surface area (TPSA) is 44.1 Å². The van der Waals surface area contributed by atoms with E-state index in [1.165, 1.54) is 5.56 Å². The summed E-state index contributed by atoms with van der Waals surface area (Å²) in [5, 5.41) is 9.28. The molecule has 0 aromatic heterocycles. The highest BCUT2D eigenvalue weighted by Crippen LogP contribution is 2.33. The summed E-state index contributed by atoms with van der Waals surface area (Å²) in [6.07, 6.45) is 2.49. The SMILES string of the molecule is CCCN1CCc2cc(CC(C)=O)cc(C#N)c21. The molecule has 1 aromatic carbocycles. The first kappa shape index (κ1) is 12.6. The van der Waals surface area contributed by atoms with E-state index in [-0.39, 0.29) is 5.78 Å². The number of Topliss-reactive ketones (excluding diaryl/α,β-unsaturated/α-hetero) is 1. The van der Waals surface area contributed by atoms with Crippen LogP contribution in [0, 0.1) is 11.3 Å². The zero-order chi connectivity index (χ0) is 13.1. The summed E-state index contributed by atoms with van der Waals surface area (Å²) in [7, 11) is 0. The Morgan fingerprint density at radius 2 is 2.28 bits per heavy atom. The zero-order valence-corrected chi connectivity index (χ0v) is 11.0. The highest BCUT2D eigenvalue weighted by molar-refractivity contribution is 5.79. The number of hydrogen-bond acceptors (Lipinski definition) is 3. The summed E-state index contributed by atoms with van der Waals surface area (Å²) < 4.78 is 0. The zero-order valence-electron chi connectivity index (χ0n) is 11.0. The molecule has 1 aliphatic heterocycles. The fraction of sp³-hybridized carbons (Fsp3) is 0.467. The highest BCUT2D eigenvalue weighted by atomic mass is 16.1. The quantitative estimate of drug-likeness (QED) is 0.814. The second kappa shape index (κ2) is 5.22. The van der Waals surface area contributed by atoms with Crippen molar-refractivity contribution in [3.05, 3.63) is 28.8 Å². The average Bonchev–Trinajstić information content (AvgIpc) is 2.71. The molecule has 1 aliphatic rings. The molecule has 0 radical (unpaired) electrons. The van der Waals surface area contributed by atoms with E-state index in [4.69, 9.17) is 0 Å². The van der Waals surface area contributed by atoms with Gasteiger partial charge in [-0.05, 0) is 37.0 Å². The number of ketones is 1. The molecular formula is C15H18N2O. The number of fused-ring (bicyclic) bond motifs is 1. The molecular weight excluding hydrogens is 224 g/mol. The number of rotatable bonds is 4. The summed E-state index contributed by atoms with van der Waals surface area (Å²) >= 11 is 0. The van der Waals surface area contributed by atoms with Gasteiger partial charge in [0.15, 0.2) is 0 Å². The Balaban J connectivity index is 2.40. The number of anilines is 1. The molecule has 0 saturated heterocycles. The summed E-state index contributed by atoms with van der Waals surface area (Å²) in [5.74, 6) is 0.141. The Kier molecular flexibility index (Phi) is 3.66. The van der Waals surface area contributed by atoms with Crippen LogP contribution in [0.15, 0.2) is 12.1 Å². The number of carbonyl (C=O) groups excluding carboxylic acids is 1. The van der Waals surface area contributed by atoms with Gasteiger partial charge in [0, 0.05) is 19.5 Å². The van der Waals surface area contributed by atoms with Crippen LogP contribution in [0.3, 0.4) is 0 Å². The lowest BCUT2D eigenvalue weighted by molar-refractivity contribution is -0.116. The molecule has 0 amide bonds. The smallest absolute Gasteiger partial charge is 0.134 e. The molecule has 0 fully saturated rings. The lowest BCUT2D eigenvalue weighted by Gasteiger charge is -2.19. The van der Waals surface area contributed by atoms with E-state index in [1.54, 1.807) is 6.92 Å². The first-order valence-corrected chi connectivity index (χ1v) is 6.46. The molecule has 0 saturated carbocycles. The molecule has 0 unspecified atom stereocenters. The van der Waals surface area contributed by atoms with Crippen LogP contribution in [0.2, 0.25) is 0 Å². The van der Waals surface area contributed by atoms with Crippen LogP contribution in [-0.2, 0) is 17.6 Å². The maximum Gasteiger partial charge on any atom is 0.134 e. The van der Waals surface area contributed by atoms with Gasteiger partial charge in [-0.25, -0.2) is 0 Å². The van der Waals surface area contributed by atoms with E-state index in [2.05, 4.69) is 24.0 Å². The van der Waals surface area contributed by atoms with Crippen molar-refractivity contribution in [3.63, 3.8) is 0 Å². The summed E-state index contributed by atoms with van der Waals surface area (Å²) in [4.78, 5) is 13.5. The monoisotopic (exact) mass is 242 g/mol. The summed E-state index contributed by atoms with van der Waals surface area (Å²) in [6, 6.07) is 6.24. The maximum atomic E-state index is 11.2. The lowest BCUT2D eigenvalue weighted by Crippen LogP contribution is -2.21. The molecule has 18 heavy (non-hydrogen) atoms. The minimum absolute atomic E-state index is 0.141. The van der Waals surface area contributed by atoms with Crippen molar-refractivity contribution in [2.75, 3.05) is 18.0 Å². The van der Waals surface area contributed by atoms with Gasteiger partial charge >= 0.3 is 0 Å². The molecule has 0 spiro atoms. The second-order valence-corrected chi connectivity index (χ2v) is 4.88. The van der Waals surface area contributed by atoms with Gasteiger partial charge in [0.2, 0.25) is 0 Å². The number of benzene rings is 1. The Morgan fingerprint density at radius 1 is 1.50 bits per heavy atom. The Morgan fingerprint density at radius 3 is 2.89 bits per heavy atom. The summed E-state index contributed by atoms with van der Waals surface area (Å²) in [5.41, 5.74) is 4.00. The highest BCUT2D eigenvalue weighted by Gasteiger charge is 2.22. The van der Waals surface area contributed by atoms with Gasteiger partial charge in [0.05, 0.1) is 11.3 Å². The van der Waals surface area contributed by atoms with Crippen LogP contribution < -0.4 is 4.90 Å². The van der Waals surface area contributed by atoms with Crippen LogP contribution in [-0.4, -0.2) is 18.9 Å².